The van der Waals surface area contributed by atoms with Crippen molar-refractivity contribution in [1.82, 2.24) is 20.1 Å². The van der Waals surface area contributed by atoms with Crippen molar-refractivity contribution in [2.45, 2.75) is 52.0 Å². The van der Waals surface area contributed by atoms with Gasteiger partial charge in [-0.25, -0.2) is 9.97 Å². The second kappa shape index (κ2) is 6.62. The van der Waals surface area contributed by atoms with E-state index in [0.29, 0.717) is 18.4 Å². The van der Waals surface area contributed by atoms with Crippen LogP contribution in [-0.4, -0.2) is 33.2 Å². The molecule has 0 amide bonds. The van der Waals surface area contributed by atoms with Gasteiger partial charge >= 0.3 is 0 Å². The Kier molecular flexibility index (Phi) is 4.56. The van der Waals surface area contributed by atoms with Gasteiger partial charge in [0.15, 0.2) is 5.82 Å². The maximum absolute atomic E-state index is 5.71. The average molecular weight is 316 g/mol. The van der Waals surface area contributed by atoms with Crippen LogP contribution in [0.4, 0.5) is 5.82 Å². The normalized spacial score (nSPS) is 16.3. The van der Waals surface area contributed by atoms with E-state index in [-0.39, 0.29) is 0 Å². The minimum atomic E-state index is 0.297. The molecule has 7 nitrogen and oxygen atoms in total. The van der Waals surface area contributed by atoms with E-state index in [1.807, 2.05) is 13.0 Å². The molecule has 0 atom stereocenters. The lowest BCUT2D eigenvalue weighted by atomic mass is 9.96. The number of hydrogen-bond acceptors (Lipinski definition) is 7. The molecule has 1 aliphatic rings. The van der Waals surface area contributed by atoms with Crippen LogP contribution < -0.4 is 10.6 Å². The Hall–Kier alpha value is -2.02. The smallest absolute Gasteiger partial charge is 0.229 e. The molecule has 124 valence electrons. The van der Waals surface area contributed by atoms with Gasteiger partial charge in [0.05, 0.1) is 5.69 Å². The molecule has 1 saturated heterocycles. The summed E-state index contributed by atoms with van der Waals surface area (Å²) in [5, 5.41) is 4.07. The number of piperidine rings is 1. The number of anilines is 1. The quantitative estimate of drug-likeness (QED) is 0.923. The Morgan fingerprint density at radius 3 is 2.61 bits per heavy atom. The molecule has 0 unspecified atom stereocenters. The molecule has 7 heteroatoms. The van der Waals surface area contributed by atoms with E-state index >= 15 is 0 Å². The fraction of sp³-hybridized carbons (Fsp3) is 0.625. The summed E-state index contributed by atoms with van der Waals surface area (Å²) in [5.41, 5.74) is 6.59. The van der Waals surface area contributed by atoms with Crippen molar-refractivity contribution < 1.29 is 4.52 Å². The monoisotopic (exact) mass is 316 g/mol. The topological polar surface area (TPSA) is 94.0 Å². The number of hydrogen-bond donors (Lipinski definition) is 1. The Morgan fingerprint density at radius 1 is 1.26 bits per heavy atom. The molecule has 0 saturated carbocycles. The summed E-state index contributed by atoms with van der Waals surface area (Å²) in [7, 11) is 0. The molecule has 0 radical (unpaired) electrons. The predicted octanol–water partition coefficient (Wildman–Crippen LogP) is 2.13. The number of aryl methyl sites for hydroxylation is 1. The van der Waals surface area contributed by atoms with Crippen LogP contribution in [0, 0.1) is 6.92 Å². The minimum absolute atomic E-state index is 0.297. The molecule has 2 aromatic rings. The predicted molar refractivity (Wildman–Crippen MR) is 87.2 cm³/mol. The van der Waals surface area contributed by atoms with Crippen molar-refractivity contribution in [3.63, 3.8) is 0 Å². The van der Waals surface area contributed by atoms with E-state index < -0.39 is 0 Å². The van der Waals surface area contributed by atoms with Gasteiger partial charge in [0.25, 0.3) is 0 Å². The Labute approximate surface area is 136 Å². The van der Waals surface area contributed by atoms with E-state index in [1.54, 1.807) is 0 Å². The van der Waals surface area contributed by atoms with Gasteiger partial charge in [-0.2, -0.15) is 4.98 Å². The Balaban J connectivity index is 1.67. The highest BCUT2D eigenvalue weighted by Gasteiger charge is 2.26. The summed E-state index contributed by atoms with van der Waals surface area (Å²) in [6.45, 7) is 8.33. The molecule has 1 aliphatic heterocycles. The van der Waals surface area contributed by atoms with Crippen LogP contribution >= 0.6 is 0 Å². The third kappa shape index (κ3) is 3.50. The van der Waals surface area contributed by atoms with Crippen molar-refractivity contribution in [3.05, 3.63) is 29.3 Å². The molecule has 0 aromatic carbocycles. The van der Waals surface area contributed by atoms with E-state index in [1.165, 1.54) is 0 Å². The van der Waals surface area contributed by atoms with Crippen molar-refractivity contribution in [1.29, 1.82) is 0 Å². The lowest BCUT2D eigenvalue weighted by molar-refractivity contribution is 0.325. The standard InChI is InChI=1S/C16H24N6O/c1-10(2)15-20-16(23-21-15)12-4-6-22(7-5-12)14-8-13(9-17)18-11(3)19-14/h8,10,12H,4-7,9,17H2,1-3H3. The van der Waals surface area contributed by atoms with Crippen LogP contribution in [-0.2, 0) is 6.54 Å². The lowest BCUT2D eigenvalue weighted by Gasteiger charge is -2.31. The lowest BCUT2D eigenvalue weighted by Crippen LogP contribution is -2.34. The van der Waals surface area contributed by atoms with Crippen LogP contribution in [0.2, 0.25) is 0 Å². The highest BCUT2D eigenvalue weighted by Crippen LogP contribution is 2.29. The molecule has 0 spiro atoms. The summed E-state index contributed by atoms with van der Waals surface area (Å²) in [6, 6.07) is 1.98. The maximum atomic E-state index is 5.71. The minimum Gasteiger partial charge on any atom is -0.356 e. The van der Waals surface area contributed by atoms with Gasteiger partial charge in [-0.05, 0) is 19.8 Å². The highest BCUT2D eigenvalue weighted by atomic mass is 16.5. The zero-order valence-corrected chi connectivity index (χ0v) is 14.0. The zero-order chi connectivity index (χ0) is 16.4. The Bertz CT molecular complexity index is 660. The van der Waals surface area contributed by atoms with Gasteiger partial charge < -0.3 is 15.2 Å². The van der Waals surface area contributed by atoms with Gasteiger partial charge in [-0.1, -0.05) is 19.0 Å². The van der Waals surface area contributed by atoms with Crippen molar-refractivity contribution in [2.24, 2.45) is 5.73 Å². The summed E-state index contributed by atoms with van der Waals surface area (Å²) >= 11 is 0. The zero-order valence-electron chi connectivity index (χ0n) is 14.0. The second-order valence-electron chi connectivity index (χ2n) is 6.38. The fourth-order valence-corrected chi connectivity index (χ4v) is 2.88. The largest absolute Gasteiger partial charge is 0.356 e. The average Bonchev–Trinajstić information content (AvgIpc) is 3.04. The van der Waals surface area contributed by atoms with Crippen LogP contribution in [0.1, 0.15) is 61.8 Å². The molecule has 3 rings (SSSR count). The highest BCUT2D eigenvalue weighted by molar-refractivity contribution is 5.40. The Morgan fingerprint density at radius 2 is 2.00 bits per heavy atom. The molecule has 23 heavy (non-hydrogen) atoms. The number of nitrogens with zero attached hydrogens (tertiary/aromatic N) is 5. The van der Waals surface area contributed by atoms with Crippen molar-refractivity contribution in [3.8, 4) is 0 Å². The number of rotatable bonds is 4. The fourth-order valence-electron chi connectivity index (χ4n) is 2.88. The molecule has 1 fully saturated rings. The first-order chi connectivity index (χ1) is 11.1. The molecule has 3 heterocycles. The van der Waals surface area contributed by atoms with Crippen molar-refractivity contribution >= 4 is 5.82 Å². The third-order valence-electron chi connectivity index (χ3n) is 4.23. The molecular weight excluding hydrogens is 292 g/mol. The molecule has 2 aromatic heterocycles. The van der Waals surface area contributed by atoms with Gasteiger partial charge in [0.1, 0.15) is 11.6 Å². The SMILES string of the molecule is Cc1nc(CN)cc(N2CCC(c3nc(C(C)C)no3)CC2)n1. The van der Waals surface area contributed by atoms with Gasteiger partial charge in [0, 0.05) is 37.5 Å². The first-order valence-electron chi connectivity index (χ1n) is 8.20. The van der Waals surface area contributed by atoms with Gasteiger partial charge in [-0.15, -0.1) is 0 Å². The van der Waals surface area contributed by atoms with Crippen molar-refractivity contribution in [2.75, 3.05) is 18.0 Å². The molecular formula is C16H24N6O. The van der Waals surface area contributed by atoms with Crippen LogP contribution in [0.25, 0.3) is 0 Å². The summed E-state index contributed by atoms with van der Waals surface area (Å²) in [5.74, 6) is 3.93. The number of nitrogens with two attached hydrogens (primary N) is 1. The van der Waals surface area contributed by atoms with E-state index in [9.17, 15) is 0 Å². The first-order valence-corrected chi connectivity index (χ1v) is 8.20. The molecule has 0 bridgehead atoms. The van der Waals surface area contributed by atoms with Crippen LogP contribution in [0.15, 0.2) is 10.6 Å². The van der Waals surface area contributed by atoms with E-state index in [2.05, 4.69) is 38.9 Å². The first kappa shape index (κ1) is 15.9. The summed E-state index contributed by atoms with van der Waals surface area (Å²) in [4.78, 5) is 15.7. The summed E-state index contributed by atoms with van der Waals surface area (Å²) < 4.78 is 5.44. The second-order valence-corrected chi connectivity index (χ2v) is 6.38. The maximum Gasteiger partial charge on any atom is 0.229 e. The van der Waals surface area contributed by atoms with Gasteiger partial charge in [-0.3, -0.25) is 0 Å². The third-order valence-corrected chi connectivity index (χ3v) is 4.23. The van der Waals surface area contributed by atoms with Gasteiger partial charge in [0.2, 0.25) is 5.89 Å². The van der Waals surface area contributed by atoms with Crippen LogP contribution in [0.5, 0.6) is 0 Å². The number of aromatic nitrogens is 4. The van der Waals surface area contributed by atoms with E-state index in [0.717, 1.165) is 55.0 Å². The molecule has 0 aliphatic carbocycles. The molecule has 2 N–H and O–H groups in total. The van der Waals surface area contributed by atoms with Crippen LogP contribution in [0.3, 0.4) is 0 Å². The summed E-state index contributed by atoms with van der Waals surface area (Å²) in [6.07, 6.45) is 1.97. The van der Waals surface area contributed by atoms with E-state index in [4.69, 9.17) is 10.3 Å².